The molecule has 1 aromatic carbocycles. The number of hydrogen-bond donors (Lipinski definition) is 4. The average molecular weight is 487 g/mol. The van der Waals surface area contributed by atoms with Crippen LogP contribution in [0.15, 0.2) is 23.0 Å². The highest BCUT2D eigenvalue weighted by Gasteiger charge is 2.26. The quantitative estimate of drug-likeness (QED) is 0.466. The van der Waals surface area contributed by atoms with Gasteiger partial charge in [-0.2, -0.15) is 0 Å². The van der Waals surface area contributed by atoms with Crippen molar-refractivity contribution in [3.8, 4) is 0 Å². The minimum atomic E-state index is -0.272. The minimum Gasteiger partial charge on any atom is -0.382 e. The fourth-order valence-electron chi connectivity index (χ4n) is 4.84. The maximum Gasteiger partial charge on any atom is 0.253 e. The molecule has 0 saturated heterocycles. The number of carbonyl (C=O) groups is 2. The Balaban J connectivity index is 1.68. The van der Waals surface area contributed by atoms with Gasteiger partial charge in [-0.05, 0) is 88.6 Å². The van der Waals surface area contributed by atoms with Crippen molar-refractivity contribution >= 4 is 29.1 Å². The van der Waals surface area contributed by atoms with E-state index in [2.05, 4.69) is 27.9 Å². The van der Waals surface area contributed by atoms with Crippen LogP contribution in [-0.4, -0.2) is 28.9 Å². The number of benzene rings is 1. The van der Waals surface area contributed by atoms with Crippen molar-refractivity contribution in [2.45, 2.75) is 78.9 Å². The molecule has 34 heavy (non-hydrogen) atoms. The monoisotopic (exact) mass is 486 g/mol. The van der Waals surface area contributed by atoms with Crippen molar-refractivity contribution in [1.82, 2.24) is 15.6 Å². The third-order valence-corrected chi connectivity index (χ3v) is 7.02. The Hall–Kier alpha value is -2.80. The topological polar surface area (TPSA) is 103 Å². The van der Waals surface area contributed by atoms with Crippen LogP contribution in [0, 0.1) is 26.7 Å². The van der Waals surface area contributed by atoms with Crippen LogP contribution in [0.2, 0.25) is 5.02 Å². The summed E-state index contributed by atoms with van der Waals surface area (Å²) in [7, 11) is 0. The van der Waals surface area contributed by atoms with Crippen LogP contribution in [0.25, 0.3) is 0 Å². The highest BCUT2D eigenvalue weighted by molar-refractivity contribution is 6.31. The summed E-state index contributed by atoms with van der Waals surface area (Å²) in [6, 6.07) is 5.85. The predicted octanol–water partition coefficient (Wildman–Crippen LogP) is 4.38. The molecule has 1 aliphatic rings. The van der Waals surface area contributed by atoms with Crippen LogP contribution in [-0.2, 0) is 11.3 Å². The van der Waals surface area contributed by atoms with Gasteiger partial charge in [0.05, 0.1) is 0 Å². The molecular formula is C26H35ClN4O3. The zero-order valence-corrected chi connectivity index (χ0v) is 21.4. The van der Waals surface area contributed by atoms with Crippen LogP contribution in [0.1, 0.15) is 72.3 Å². The van der Waals surface area contributed by atoms with E-state index in [0.717, 1.165) is 48.2 Å². The van der Waals surface area contributed by atoms with E-state index in [0.29, 0.717) is 22.1 Å². The van der Waals surface area contributed by atoms with Gasteiger partial charge in [-0.15, -0.1) is 0 Å². The fraction of sp³-hybridized carbons (Fsp3) is 0.500. The molecule has 0 radical (unpaired) electrons. The molecule has 2 amide bonds. The summed E-state index contributed by atoms with van der Waals surface area (Å²) in [4.78, 5) is 39.4. The fourth-order valence-corrected chi connectivity index (χ4v) is 5.06. The first-order valence-corrected chi connectivity index (χ1v) is 12.2. The molecule has 1 unspecified atom stereocenters. The third kappa shape index (κ3) is 6.41. The van der Waals surface area contributed by atoms with E-state index < -0.39 is 0 Å². The lowest BCUT2D eigenvalue weighted by Crippen LogP contribution is -2.39. The first-order valence-electron chi connectivity index (χ1n) is 11.9. The Bertz CT molecular complexity index is 1120. The maximum absolute atomic E-state index is 13.0. The molecule has 8 heteroatoms. The first kappa shape index (κ1) is 25.8. The average Bonchev–Trinajstić information content (AvgIpc) is 2.75. The number of carbonyl (C=O) groups excluding carboxylic acids is 2. The summed E-state index contributed by atoms with van der Waals surface area (Å²) in [5, 5.41) is 9.93. The van der Waals surface area contributed by atoms with Crippen molar-refractivity contribution in [3.05, 3.63) is 61.5 Å². The Morgan fingerprint density at radius 1 is 1.12 bits per heavy atom. The van der Waals surface area contributed by atoms with Crippen LogP contribution in [0.5, 0.6) is 0 Å². The van der Waals surface area contributed by atoms with Crippen molar-refractivity contribution in [3.63, 3.8) is 0 Å². The van der Waals surface area contributed by atoms with Crippen molar-refractivity contribution in [2.75, 3.05) is 5.32 Å². The van der Waals surface area contributed by atoms with E-state index in [1.807, 2.05) is 32.9 Å². The summed E-state index contributed by atoms with van der Waals surface area (Å²) >= 11 is 6.37. The number of anilines is 1. The molecule has 1 saturated carbocycles. The summed E-state index contributed by atoms with van der Waals surface area (Å²) < 4.78 is 0. The Morgan fingerprint density at radius 2 is 1.79 bits per heavy atom. The van der Waals surface area contributed by atoms with Gasteiger partial charge in [0.15, 0.2) is 0 Å². The Labute approximate surface area is 206 Å². The number of aromatic amines is 1. The Kier molecular flexibility index (Phi) is 8.42. The summed E-state index contributed by atoms with van der Waals surface area (Å²) in [6.07, 6.45) is 3.99. The van der Waals surface area contributed by atoms with E-state index in [4.69, 9.17) is 11.6 Å². The molecule has 3 rings (SSSR count). The Morgan fingerprint density at radius 3 is 2.41 bits per heavy atom. The number of aromatic nitrogens is 1. The minimum absolute atomic E-state index is 0.0251. The van der Waals surface area contributed by atoms with E-state index >= 15 is 0 Å². The second kappa shape index (κ2) is 11.1. The highest BCUT2D eigenvalue weighted by atomic mass is 35.5. The maximum atomic E-state index is 13.0. The summed E-state index contributed by atoms with van der Waals surface area (Å²) in [6.45, 7) is 9.44. The van der Waals surface area contributed by atoms with Crippen LogP contribution in [0.3, 0.4) is 0 Å². The van der Waals surface area contributed by atoms with Crippen LogP contribution in [0.4, 0.5) is 5.69 Å². The van der Waals surface area contributed by atoms with Crippen molar-refractivity contribution < 1.29 is 9.59 Å². The van der Waals surface area contributed by atoms with Gasteiger partial charge in [0, 0.05) is 53.1 Å². The largest absolute Gasteiger partial charge is 0.382 e. The lowest BCUT2D eigenvalue weighted by Gasteiger charge is -2.33. The number of halogens is 1. The second-order valence-corrected chi connectivity index (χ2v) is 9.93. The predicted molar refractivity (Wildman–Crippen MR) is 137 cm³/mol. The van der Waals surface area contributed by atoms with E-state index in [1.54, 1.807) is 13.0 Å². The molecule has 1 aromatic heterocycles. The molecule has 0 bridgehead atoms. The number of H-pyrrole nitrogens is 1. The molecule has 1 fully saturated rings. The lowest BCUT2D eigenvalue weighted by molar-refractivity contribution is -0.119. The molecular weight excluding hydrogens is 452 g/mol. The van der Waals surface area contributed by atoms with Gasteiger partial charge in [-0.25, -0.2) is 0 Å². The third-order valence-electron chi connectivity index (χ3n) is 6.81. The smallest absolute Gasteiger partial charge is 0.253 e. The molecule has 1 atom stereocenters. The number of pyridine rings is 1. The van der Waals surface area contributed by atoms with Gasteiger partial charge in [0.2, 0.25) is 5.91 Å². The number of rotatable bonds is 7. The molecule has 7 nitrogen and oxygen atoms in total. The van der Waals surface area contributed by atoms with Crippen LogP contribution >= 0.6 is 11.6 Å². The van der Waals surface area contributed by atoms with E-state index in [-0.39, 0.29) is 36.0 Å². The van der Waals surface area contributed by atoms with Crippen molar-refractivity contribution in [2.24, 2.45) is 5.92 Å². The number of amides is 2. The number of aryl methyl sites for hydroxylation is 2. The highest BCUT2D eigenvalue weighted by Crippen LogP contribution is 2.31. The molecule has 0 aliphatic heterocycles. The van der Waals surface area contributed by atoms with E-state index in [1.165, 1.54) is 0 Å². The van der Waals surface area contributed by atoms with Crippen molar-refractivity contribution in [1.29, 1.82) is 0 Å². The number of nitrogens with one attached hydrogen (secondary N) is 4. The summed E-state index contributed by atoms with van der Waals surface area (Å²) in [5.41, 5.74) is 4.11. The first-order chi connectivity index (χ1) is 16.0. The van der Waals surface area contributed by atoms with Gasteiger partial charge >= 0.3 is 0 Å². The lowest BCUT2D eigenvalue weighted by atomic mass is 9.82. The van der Waals surface area contributed by atoms with Gasteiger partial charge in [-0.3, -0.25) is 14.4 Å². The standard InChI is InChI=1S/C26H35ClN4O3/c1-14-10-15(2)29-26(34)23(14)13-28-25(33)22-11-20(27)12-24(16(22)3)30-17(4)19-6-8-21(9-7-19)31-18(5)32/h10-12,17,19,21,30H,6-9,13H2,1-5H3,(H,28,33)(H,29,34)(H,31,32). The molecule has 4 N–H and O–H groups in total. The zero-order chi connectivity index (χ0) is 25.0. The number of hydrogen-bond acceptors (Lipinski definition) is 4. The van der Waals surface area contributed by atoms with Gasteiger partial charge in [0.1, 0.15) is 0 Å². The molecule has 2 aromatic rings. The molecule has 184 valence electrons. The molecule has 1 aliphatic carbocycles. The SMILES string of the molecule is CC(=O)NC1CCC(C(C)Nc2cc(Cl)cc(C(=O)NCc3c(C)cc(C)[nH]c3=O)c2C)CC1. The second-order valence-electron chi connectivity index (χ2n) is 9.50. The van der Waals surface area contributed by atoms with E-state index in [9.17, 15) is 14.4 Å². The molecule has 0 spiro atoms. The van der Waals surface area contributed by atoms with Gasteiger partial charge < -0.3 is 20.9 Å². The zero-order valence-electron chi connectivity index (χ0n) is 20.6. The van der Waals surface area contributed by atoms with Crippen LogP contribution < -0.4 is 21.5 Å². The van der Waals surface area contributed by atoms with Gasteiger partial charge in [0.25, 0.3) is 11.5 Å². The summed E-state index contributed by atoms with van der Waals surface area (Å²) in [5.74, 6) is 0.222. The normalized spacial score (nSPS) is 18.8. The molecule has 1 heterocycles. The van der Waals surface area contributed by atoms with Gasteiger partial charge in [-0.1, -0.05) is 11.6 Å².